The molecule has 1 unspecified atom stereocenters. The van der Waals surface area contributed by atoms with Gasteiger partial charge in [-0.05, 0) is 64.0 Å². The molecule has 0 saturated heterocycles. The second-order valence-corrected chi connectivity index (χ2v) is 9.09. The zero-order valence-electron chi connectivity index (χ0n) is 22.6. The van der Waals surface area contributed by atoms with Crippen LogP contribution >= 0.6 is 0 Å². The van der Waals surface area contributed by atoms with Gasteiger partial charge in [0, 0.05) is 18.2 Å². The molecule has 1 amide bonds. The number of allylic oxidation sites excluding steroid dienone is 3. The Kier molecular flexibility index (Phi) is 9.76. The van der Waals surface area contributed by atoms with Crippen LogP contribution in [-0.4, -0.2) is 41.5 Å². The fourth-order valence-corrected chi connectivity index (χ4v) is 4.34. The zero-order valence-corrected chi connectivity index (χ0v) is 22.6. The van der Waals surface area contributed by atoms with Gasteiger partial charge in [0.1, 0.15) is 5.75 Å². The van der Waals surface area contributed by atoms with E-state index in [2.05, 4.69) is 0 Å². The van der Waals surface area contributed by atoms with Crippen LogP contribution in [0.3, 0.4) is 0 Å². The van der Waals surface area contributed by atoms with E-state index in [1.54, 1.807) is 38.3 Å². The summed E-state index contributed by atoms with van der Waals surface area (Å²) >= 11 is 0. The molecule has 9 nitrogen and oxygen atoms in total. The number of primary amides is 1. The van der Waals surface area contributed by atoms with Crippen molar-refractivity contribution in [3.63, 3.8) is 0 Å². The van der Waals surface area contributed by atoms with Crippen LogP contribution in [0.15, 0.2) is 54.2 Å². The lowest BCUT2D eigenvalue weighted by molar-refractivity contribution is -0.153. The van der Waals surface area contributed by atoms with Gasteiger partial charge in [0.05, 0.1) is 35.9 Å². The van der Waals surface area contributed by atoms with Crippen molar-refractivity contribution in [3.8, 4) is 5.75 Å². The van der Waals surface area contributed by atoms with Gasteiger partial charge in [-0.2, -0.15) is 0 Å². The number of amides is 1. The van der Waals surface area contributed by atoms with Crippen molar-refractivity contribution in [2.45, 2.75) is 60.1 Å². The number of hydrogen-bond donors (Lipinski definition) is 1. The molecule has 1 heterocycles. The van der Waals surface area contributed by atoms with E-state index in [1.807, 2.05) is 43.6 Å². The Labute approximate surface area is 222 Å². The van der Waals surface area contributed by atoms with Crippen molar-refractivity contribution in [1.82, 2.24) is 4.57 Å². The highest BCUT2D eigenvalue weighted by atomic mass is 16.6. The summed E-state index contributed by atoms with van der Waals surface area (Å²) in [4.78, 5) is 37.4. The summed E-state index contributed by atoms with van der Waals surface area (Å²) in [6.07, 6.45) is 8.22. The molecule has 2 aromatic rings. The Morgan fingerprint density at radius 2 is 1.79 bits per heavy atom. The fraction of sp³-hybridized carbons (Fsp3) is 0.414. The van der Waals surface area contributed by atoms with Crippen LogP contribution in [0.4, 0.5) is 0 Å². The van der Waals surface area contributed by atoms with E-state index in [-0.39, 0.29) is 18.1 Å². The fourth-order valence-electron chi connectivity index (χ4n) is 4.34. The summed E-state index contributed by atoms with van der Waals surface area (Å²) in [7, 11) is 0. The molecule has 204 valence electrons. The molecule has 0 fully saturated rings. The minimum absolute atomic E-state index is 0.139. The maximum atomic E-state index is 12.9. The smallest absolute Gasteiger partial charge is 0.347 e. The molecule has 0 spiro atoms. The Hall–Kier alpha value is -4.01. The first-order valence-corrected chi connectivity index (χ1v) is 12.9. The molecule has 0 radical (unpaired) electrons. The van der Waals surface area contributed by atoms with E-state index < -0.39 is 23.8 Å². The number of hydrogen-bond acceptors (Lipinski definition) is 7. The van der Waals surface area contributed by atoms with Crippen molar-refractivity contribution in [2.75, 3.05) is 13.2 Å². The molecule has 2 N–H and O–H groups in total. The highest BCUT2D eigenvalue weighted by molar-refractivity contribution is 6.45. The minimum Gasteiger partial charge on any atom is -0.490 e. The number of Topliss-reactive ketones (excluding diaryl/α,β-unsaturated/α-hetero) is 1. The number of nitrogens with two attached hydrogens (primary N) is 1. The number of benzene rings is 1. The first kappa shape index (κ1) is 28.6. The van der Waals surface area contributed by atoms with Gasteiger partial charge in [-0.1, -0.05) is 19.9 Å². The van der Waals surface area contributed by atoms with E-state index in [0.29, 0.717) is 47.0 Å². The lowest BCUT2D eigenvalue weighted by Crippen LogP contribution is -2.34. The molecular formula is C29H36N2O7. The third-order valence-electron chi connectivity index (χ3n) is 6.09. The Bertz CT molecular complexity index is 1280. The Morgan fingerprint density at radius 1 is 1.08 bits per heavy atom. The summed E-state index contributed by atoms with van der Waals surface area (Å²) in [6, 6.07) is 5.24. The third-order valence-corrected chi connectivity index (χ3v) is 6.09. The van der Waals surface area contributed by atoms with E-state index in [0.717, 1.165) is 12.8 Å². The largest absolute Gasteiger partial charge is 0.490 e. The minimum atomic E-state index is -1.08. The number of rotatable bonds is 13. The van der Waals surface area contributed by atoms with Crippen LogP contribution in [0.25, 0.3) is 10.9 Å². The predicted octanol–water partition coefficient (Wildman–Crippen LogP) is 4.71. The molecule has 1 atom stereocenters. The number of carbonyl (C=O) groups is 3. The number of fused-ring (bicyclic) bond motifs is 1. The summed E-state index contributed by atoms with van der Waals surface area (Å²) in [6.45, 7) is 10.1. The van der Waals surface area contributed by atoms with Crippen molar-refractivity contribution >= 4 is 28.6 Å². The van der Waals surface area contributed by atoms with Gasteiger partial charge < -0.3 is 29.2 Å². The molecule has 0 saturated carbocycles. The topological polar surface area (TPSA) is 119 Å². The van der Waals surface area contributed by atoms with Crippen LogP contribution in [-0.2, 0) is 30.3 Å². The molecule has 9 heteroatoms. The Balaban J connectivity index is 1.99. The van der Waals surface area contributed by atoms with Crippen molar-refractivity contribution in [3.05, 3.63) is 65.5 Å². The summed E-state index contributed by atoms with van der Waals surface area (Å²) in [5.41, 5.74) is 6.72. The molecule has 38 heavy (non-hydrogen) atoms. The van der Waals surface area contributed by atoms with Crippen molar-refractivity contribution in [1.29, 1.82) is 0 Å². The molecule has 0 bridgehead atoms. The molecule has 1 aliphatic rings. The van der Waals surface area contributed by atoms with Crippen LogP contribution < -0.4 is 10.5 Å². The first-order chi connectivity index (χ1) is 18.2. The molecule has 1 aliphatic carbocycles. The molecule has 1 aromatic carbocycles. The second kappa shape index (κ2) is 13.0. The highest BCUT2D eigenvalue weighted by Gasteiger charge is 2.30. The van der Waals surface area contributed by atoms with Gasteiger partial charge in [-0.15, -0.1) is 0 Å². The average molecular weight is 525 g/mol. The van der Waals surface area contributed by atoms with Crippen LogP contribution in [0, 0.1) is 12.8 Å². The second-order valence-electron chi connectivity index (χ2n) is 9.09. The summed E-state index contributed by atoms with van der Waals surface area (Å²) in [5.74, 6) is -0.959. The normalized spacial score (nSPS) is 14.3. The number of esters is 1. The maximum Gasteiger partial charge on any atom is 0.347 e. The lowest BCUT2D eigenvalue weighted by atomic mass is 10.0. The molecule has 1 aromatic heterocycles. The summed E-state index contributed by atoms with van der Waals surface area (Å²) < 4.78 is 24.6. The van der Waals surface area contributed by atoms with E-state index in [9.17, 15) is 14.4 Å². The molecular weight excluding hydrogens is 488 g/mol. The highest BCUT2D eigenvalue weighted by Crippen LogP contribution is 2.35. The SMILES string of the molecule is CCOC(=O)C(Oc1cccc2c1c(C(=O)C(N)=O)c(C)n2C/C=C/OC1=CCCC=C1OCC)C(C)C. The van der Waals surface area contributed by atoms with Crippen LogP contribution in [0.1, 0.15) is 56.6 Å². The molecule has 0 aliphatic heterocycles. The third kappa shape index (κ3) is 6.27. The van der Waals surface area contributed by atoms with Gasteiger partial charge in [0.2, 0.25) is 0 Å². The summed E-state index contributed by atoms with van der Waals surface area (Å²) in [5, 5.41) is 0.412. The van der Waals surface area contributed by atoms with E-state index in [4.69, 9.17) is 24.7 Å². The number of carbonyl (C=O) groups excluding carboxylic acids is 3. The number of aromatic nitrogens is 1. The van der Waals surface area contributed by atoms with Gasteiger partial charge in [0.15, 0.2) is 17.6 Å². The average Bonchev–Trinajstić information content (AvgIpc) is 3.17. The van der Waals surface area contributed by atoms with Crippen molar-refractivity contribution < 1.29 is 33.3 Å². The van der Waals surface area contributed by atoms with Crippen LogP contribution in [0.2, 0.25) is 0 Å². The van der Waals surface area contributed by atoms with E-state index >= 15 is 0 Å². The zero-order chi connectivity index (χ0) is 27.8. The van der Waals surface area contributed by atoms with Gasteiger partial charge >= 0.3 is 5.97 Å². The van der Waals surface area contributed by atoms with Gasteiger partial charge in [-0.3, -0.25) is 9.59 Å². The standard InChI is InChI=1S/C29H36N2O7/c1-6-35-21-13-8-9-14-22(21)37-17-11-16-31-19(5)24(26(32)28(30)33)25-20(31)12-10-15-23(25)38-27(18(3)4)29(34)36-7-2/h10-15,17-18,27H,6-9,16H2,1-5H3,(H2,30,33)/b17-11+. The maximum absolute atomic E-state index is 12.9. The van der Waals surface area contributed by atoms with Crippen molar-refractivity contribution in [2.24, 2.45) is 11.7 Å². The monoisotopic (exact) mass is 524 g/mol. The number of ketones is 1. The van der Waals surface area contributed by atoms with E-state index in [1.165, 1.54) is 0 Å². The Morgan fingerprint density at radius 3 is 2.42 bits per heavy atom. The van der Waals surface area contributed by atoms with Gasteiger partial charge in [0.25, 0.3) is 11.7 Å². The molecule has 3 rings (SSSR count). The quantitative estimate of drug-likeness (QED) is 0.174. The first-order valence-electron chi connectivity index (χ1n) is 12.9. The van der Waals surface area contributed by atoms with Crippen LogP contribution in [0.5, 0.6) is 5.75 Å². The number of ether oxygens (including phenoxy) is 4. The number of nitrogens with zero attached hydrogens (tertiary/aromatic N) is 1. The van der Waals surface area contributed by atoms with Gasteiger partial charge in [-0.25, -0.2) is 4.79 Å². The lowest BCUT2D eigenvalue weighted by Gasteiger charge is -2.21. The predicted molar refractivity (Wildman–Crippen MR) is 143 cm³/mol.